The fourth-order valence-electron chi connectivity index (χ4n) is 2.81. The Morgan fingerprint density at radius 1 is 1.45 bits per heavy atom. The molecule has 2 atom stereocenters. The van der Waals surface area contributed by atoms with Crippen molar-refractivity contribution < 1.29 is 4.74 Å². The molecule has 1 aliphatic rings. The molecular formula is C16H23N3O. The van der Waals surface area contributed by atoms with Crippen molar-refractivity contribution in [1.82, 2.24) is 4.90 Å². The van der Waals surface area contributed by atoms with Crippen LogP contribution in [-0.2, 0) is 0 Å². The summed E-state index contributed by atoms with van der Waals surface area (Å²) in [7, 11) is 1.69. The summed E-state index contributed by atoms with van der Waals surface area (Å²) in [4.78, 5) is 2.38. The zero-order valence-electron chi connectivity index (χ0n) is 12.2. The van der Waals surface area contributed by atoms with E-state index in [9.17, 15) is 0 Å². The number of rotatable bonds is 7. The third kappa shape index (κ3) is 3.30. The van der Waals surface area contributed by atoms with Crippen molar-refractivity contribution in [3.05, 3.63) is 29.8 Å². The molecule has 1 aliphatic carbocycles. The van der Waals surface area contributed by atoms with Crippen molar-refractivity contribution in [3.63, 3.8) is 0 Å². The summed E-state index contributed by atoms with van der Waals surface area (Å²) in [6.45, 7) is 2.80. The molecular weight excluding hydrogens is 250 g/mol. The van der Waals surface area contributed by atoms with Gasteiger partial charge in [0.2, 0.25) is 0 Å². The predicted octanol–water partition coefficient (Wildman–Crippen LogP) is 2.46. The van der Waals surface area contributed by atoms with Gasteiger partial charge in [-0.3, -0.25) is 4.90 Å². The standard InChI is InChI=1S/C16H23N3O/c1-12(18)16(14-6-3-4-7-15(14)20-2)19(11-5-10-17)13-8-9-13/h3-4,6-7,12-13,16H,5,8-9,11,18H2,1-2H3. The molecule has 1 fully saturated rings. The van der Waals surface area contributed by atoms with E-state index in [1.165, 1.54) is 12.8 Å². The number of nitrogens with two attached hydrogens (primary N) is 1. The highest BCUT2D eigenvalue weighted by Gasteiger charge is 2.36. The minimum atomic E-state index is -0.00871. The second-order valence-corrected chi connectivity index (χ2v) is 5.42. The van der Waals surface area contributed by atoms with E-state index in [4.69, 9.17) is 15.7 Å². The molecule has 0 aromatic heterocycles. The van der Waals surface area contributed by atoms with Gasteiger partial charge in [0.25, 0.3) is 0 Å². The lowest BCUT2D eigenvalue weighted by molar-refractivity contribution is 0.167. The van der Waals surface area contributed by atoms with Crippen molar-refractivity contribution in [1.29, 1.82) is 5.26 Å². The van der Waals surface area contributed by atoms with E-state index in [0.29, 0.717) is 12.5 Å². The highest BCUT2D eigenvalue weighted by molar-refractivity contribution is 5.37. The average molecular weight is 273 g/mol. The highest BCUT2D eigenvalue weighted by Crippen LogP contribution is 2.38. The lowest BCUT2D eigenvalue weighted by Crippen LogP contribution is -2.41. The molecule has 0 spiro atoms. The first kappa shape index (κ1) is 14.8. The SMILES string of the molecule is COc1ccccc1C(C(C)N)N(CCC#N)C1CC1. The van der Waals surface area contributed by atoms with E-state index in [0.717, 1.165) is 17.9 Å². The van der Waals surface area contributed by atoms with Gasteiger partial charge in [0.05, 0.1) is 19.2 Å². The fourth-order valence-corrected chi connectivity index (χ4v) is 2.81. The normalized spacial score (nSPS) is 17.6. The predicted molar refractivity (Wildman–Crippen MR) is 79.3 cm³/mol. The van der Waals surface area contributed by atoms with Gasteiger partial charge in [0, 0.05) is 30.6 Å². The Hall–Kier alpha value is -1.57. The van der Waals surface area contributed by atoms with Gasteiger partial charge >= 0.3 is 0 Å². The van der Waals surface area contributed by atoms with Gasteiger partial charge in [-0.15, -0.1) is 0 Å². The molecule has 20 heavy (non-hydrogen) atoms. The third-order valence-electron chi connectivity index (χ3n) is 3.81. The first-order chi connectivity index (χ1) is 9.69. The zero-order chi connectivity index (χ0) is 14.5. The van der Waals surface area contributed by atoms with E-state index in [-0.39, 0.29) is 12.1 Å². The smallest absolute Gasteiger partial charge is 0.123 e. The quantitative estimate of drug-likeness (QED) is 0.829. The molecule has 0 heterocycles. The maximum atomic E-state index is 8.88. The van der Waals surface area contributed by atoms with Gasteiger partial charge in [0.1, 0.15) is 5.75 Å². The Morgan fingerprint density at radius 2 is 2.15 bits per heavy atom. The maximum absolute atomic E-state index is 8.88. The first-order valence-electron chi connectivity index (χ1n) is 7.20. The lowest BCUT2D eigenvalue weighted by atomic mass is 9.97. The molecule has 0 bridgehead atoms. The average Bonchev–Trinajstić information content (AvgIpc) is 3.27. The maximum Gasteiger partial charge on any atom is 0.123 e. The van der Waals surface area contributed by atoms with Crippen LogP contribution in [0, 0.1) is 11.3 Å². The monoisotopic (exact) mass is 273 g/mol. The van der Waals surface area contributed by atoms with Crippen molar-refractivity contribution >= 4 is 0 Å². The summed E-state index contributed by atoms with van der Waals surface area (Å²) in [5.74, 6) is 0.873. The largest absolute Gasteiger partial charge is 0.496 e. The van der Waals surface area contributed by atoms with Crippen LogP contribution in [0.25, 0.3) is 0 Å². The van der Waals surface area contributed by atoms with Crippen molar-refractivity contribution in [3.8, 4) is 11.8 Å². The first-order valence-corrected chi connectivity index (χ1v) is 7.20. The number of nitrogens with zero attached hydrogens (tertiary/aromatic N) is 2. The van der Waals surface area contributed by atoms with Crippen LogP contribution in [0.3, 0.4) is 0 Å². The Bertz CT molecular complexity index is 477. The summed E-state index contributed by atoms with van der Waals surface area (Å²) in [5.41, 5.74) is 7.37. The number of benzene rings is 1. The van der Waals surface area contributed by atoms with Crippen LogP contribution in [0.4, 0.5) is 0 Å². The number of methoxy groups -OCH3 is 1. The van der Waals surface area contributed by atoms with E-state index >= 15 is 0 Å². The Morgan fingerprint density at radius 3 is 2.70 bits per heavy atom. The minimum Gasteiger partial charge on any atom is -0.496 e. The number of ether oxygens (including phenoxy) is 1. The molecule has 2 N–H and O–H groups in total. The van der Waals surface area contributed by atoms with E-state index < -0.39 is 0 Å². The van der Waals surface area contributed by atoms with Crippen LogP contribution < -0.4 is 10.5 Å². The van der Waals surface area contributed by atoms with Crippen molar-refractivity contribution in [2.24, 2.45) is 5.73 Å². The van der Waals surface area contributed by atoms with Gasteiger partial charge in [-0.1, -0.05) is 18.2 Å². The van der Waals surface area contributed by atoms with E-state index in [1.807, 2.05) is 25.1 Å². The van der Waals surface area contributed by atoms with Crippen molar-refractivity contribution in [2.75, 3.05) is 13.7 Å². The van der Waals surface area contributed by atoms with Crippen LogP contribution in [0.15, 0.2) is 24.3 Å². The van der Waals surface area contributed by atoms with Crippen LogP contribution in [0.5, 0.6) is 5.75 Å². The third-order valence-corrected chi connectivity index (χ3v) is 3.81. The molecule has 0 radical (unpaired) electrons. The van der Waals surface area contributed by atoms with Crippen LogP contribution in [0.2, 0.25) is 0 Å². The fraction of sp³-hybridized carbons (Fsp3) is 0.562. The second-order valence-electron chi connectivity index (χ2n) is 5.42. The van der Waals surface area contributed by atoms with E-state index in [2.05, 4.69) is 17.0 Å². The Labute approximate surface area is 121 Å². The molecule has 0 aliphatic heterocycles. The number of nitriles is 1. The molecule has 0 saturated heterocycles. The lowest BCUT2D eigenvalue weighted by Gasteiger charge is -2.35. The van der Waals surface area contributed by atoms with Crippen LogP contribution in [-0.4, -0.2) is 30.6 Å². The Kier molecular flexibility index (Phi) is 4.99. The molecule has 4 nitrogen and oxygen atoms in total. The van der Waals surface area contributed by atoms with Gasteiger partial charge in [-0.2, -0.15) is 5.26 Å². The van der Waals surface area contributed by atoms with Gasteiger partial charge in [-0.05, 0) is 25.8 Å². The molecule has 4 heteroatoms. The molecule has 2 rings (SSSR count). The topological polar surface area (TPSA) is 62.3 Å². The molecule has 2 unspecified atom stereocenters. The number of para-hydroxylation sites is 1. The van der Waals surface area contributed by atoms with Crippen LogP contribution in [0.1, 0.15) is 37.8 Å². The Balaban J connectivity index is 2.31. The number of hydrogen-bond acceptors (Lipinski definition) is 4. The molecule has 1 saturated carbocycles. The minimum absolute atomic E-state index is 0.00871. The summed E-state index contributed by atoms with van der Waals surface area (Å²) < 4.78 is 5.48. The van der Waals surface area contributed by atoms with Crippen molar-refractivity contribution in [2.45, 2.75) is 44.3 Å². The summed E-state index contributed by atoms with van der Waals surface area (Å²) in [6, 6.07) is 10.9. The van der Waals surface area contributed by atoms with Gasteiger partial charge < -0.3 is 10.5 Å². The molecule has 1 aromatic carbocycles. The second kappa shape index (κ2) is 6.74. The van der Waals surface area contributed by atoms with Crippen LogP contribution >= 0.6 is 0 Å². The molecule has 108 valence electrons. The summed E-state index contributed by atoms with van der Waals surface area (Å²) in [6.07, 6.45) is 2.93. The van der Waals surface area contributed by atoms with Gasteiger partial charge in [0.15, 0.2) is 0 Å². The highest BCUT2D eigenvalue weighted by atomic mass is 16.5. The summed E-state index contributed by atoms with van der Waals surface area (Å²) in [5, 5.41) is 8.88. The zero-order valence-corrected chi connectivity index (χ0v) is 12.2. The summed E-state index contributed by atoms with van der Waals surface area (Å²) >= 11 is 0. The number of hydrogen-bond donors (Lipinski definition) is 1. The van der Waals surface area contributed by atoms with Gasteiger partial charge in [-0.25, -0.2) is 0 Å². The van der Waals surface area contributed by atoms with E-state index in [1.54, 1.807) is 7.11 Å². The molecule has 0 amide bonds. The molecule has 1 aromatic rings.